The third-order valence-corrected chi connectivity index (χ3v) is 3.42. The van der Waals surface area contributed by atoms with E-state index in [0.29, 0.717) is 12.2 Å². The summed E-state index contributed by atoms with van der Waals surface area (Å²) in [4.78, 5) is 28.0. The van der Waals surface area contributed by atoms with Crippen LogP contribution in [0.2, 0.25) is 0 Å². The quantitative estimate of drug-likeness (QED) is 0.312. The predicted molar refractivity (Wildman–Crippen MR) is 70.3 cm³/mol. The number of amides is 1. The zero-order valence-electron chi connectivity index (χ0n) is 11.1. The summed E-state index contributed by atoms with van der Waals surface area (Å²) >= 11 is 0. The number of ether oxygens (including phenoxy) is 1. The van der Waals surface area contributed by atoms with Crippen molar-refractivity contribution in [2.45, 2.75) is 6.04 Å². The molecule has 0 aliphatic heterocycles. The van der Waals surface area contributed by atoms with Crippen LogP contribution in [-0.2, 0) is 23.4 Å². The topological polar surface area (TPSA) is 82.1 Å². The number of hydrogen-bond donors (Lipinski definition) is 0. The minimum atomic E-state index is -2.10. The Morgan fingerprint density at radius 2 is 2.00 bits per heavy atom. The third kappa shape index (κ3) is 4.60. The van der Waals surface area contributed by atoms with Gasteiger partial charge in [-0.2, -0.15) is 5.06 Å². The molecule has 0 fully saturated rings. The molecule has 0 aromatic heterocycles. The molecule has 0 spiro atoms. The highest BCUT2D eigenvalue weighted by atomic mass is 31.1. The van der Waals surface area contributed by atoms with Gasteiger partial charge in [0.05, 0.1) is 14.2 Å². The van der Waals surface area contributed by atoms with Crippen molar-refractivity contribution >= 4 is 20.4 Å². The van der Waals surface area contributed by atoms with Crippen molar-refractivity contribution in [3.8, 4) is 5.75 Å². The van der Waals surface area contributed by atoms with E-state index in [4.69, 9.17) is 4.84 Å². The van der Waals surface area contributed by atoms with Gasteiger partial charge < -0.3 is 9.57 Å². The zero-order valence-corrected chi connectivity index (χ0v) is 12.0. The predicted octanol–water partition coefficient (Wildman–Crippen LogP) is 1.37. The van der Waals surface area contributed by atoms with E-state index < -0.39 is 20.0 Å². The van der Waals surface area contributed by atoms with Gasteiger partial charge in [0, 0.05) is 0 Å². The Kier molecular flexibility index (Phi) is 6.63. The molecule has 1 rings (SSSR count). The van der Waals surface area contributed by atoms with Crippen LogP contribution < -0.4 is 4.84 Å². The number of esters is 1. The van der Waals surface area contributed by atoms with E-state index in [2.05, 4.69) is 9.26 Å². The summed E-state index contributed by atoms with van der Waals surface area (Å²) in [6.45, 7) is 0. The van der Waals surface area contributed by atoms with Crippen molar-refractivity contribution in [1.29, 1.82) is 0 Å². The first kappa shape index (κ1) is 16.1. The van der Waals surface area contributed by atoms with Gasteiger partial charge in [-0.25, -0.2) is 4.79 Å². The summed E-state index contributed by atoms with van der Waals surface area (Å²) in [6.07, 6.45) is 0.109. The number of carbonyl (C=O) groups excluding carboxylic acids is 2. The summed E-state index contributed by atoms with van der Waals surface area (Å²) in [5.74, 6) is -0.380. The fraction of sp³-hybridized carbons (Fsp3) is 0.333. The van der Waals surface area contributed by atoms with Gasteiger partial charge in [-0.3, -0.25) is 4.79 Å². The van der Waals surface area contributed by atoms with Gasteiger partial charge in [0.15, 0.2) is 5.75 Å². The molecule has 2 unspecified atom stereocenters. The van der Waals surface area contributed by atoms with E-state index in [1.165, 1.54) is 14.2 Å². The van der Waals surface area contributed by atoms with Crippen molar-refractivity contribution < 1.29 is 28.3 Å². The maximum Gasteiger partial charge on any atom is 0.510 e. The van der Waals surface area contributed by atoms with E-state index in [1.807, 2.05) is 0 Å². The minimum absolute atomic E-state index is 0.218. The number of hydrogen-bond acceptors (Lipinski definition) is 6. The molecule has 1 aromatic carbocycles. The molecule has 1 amide bonds. The second kappa shape index (κ2) is 8.24. The lowest BCUT2D eigenvalue weighted by Crippen LogP contribution is -2.45. The normalized spacial score (nSPS) is 12.2. The highest BCUT2D eigenvalue weighted by Gasteiger charge is 2.37. The summed E-state index contributed by atoms with van der Waals surface area (Å²) in [7, 11) is 0.314. The Hall–Kier alpha value is -1.98. The van der Waals surface area contributed by atoms with Crippen molar-refractivity contribution in [2.75, 3.05) is 20.4 Å². The first-order chi connectivity index (χ1) is 9.62. The molecule has 0 aliphatic carbocycles. The summed E-state index contributed by atoms with van der Waals surface area (Å²) < 4.78 is 20.6. The standard InChI is InChI=1S/C12H15NO6P/c1-17-12(15)11(8-20(16)18-2)13(9-14)19-10-6-4-3-5-7-10/h3-7,9,11H,8H2,1-2H3/q+1. The Balaban J connectivity index is 2.87. The van der Waals surface area contributed by atoms with Crippen LogP contribution >= 0.6 is 8.03 Å². The number of benzene rings is 1. The molecule has 8 heteroatoms. The Morgan fingerprint density at radius 3 is 2.50 bits per heavy atom. The monoisotopic (exact) mass is 300 g/mol. The lowest BCUT2D eigenvalue weighted by atomic mass is 10.3. The summed E-state index contributed by atoms with van der Waals surface area (Å²) in [5, 5.41) is 0.757. The van der Waals surface area contributed by atoms with Crippen LogP contribution in [0.5, 0.6) is 5.75 Å². The first-order valence-electron chi connectivity index (χ1n) is 5.65. The van der Waals surface area contributed by atoms with E-state index in [0.717, 1.165) is 5.06 Å². The lowest BCUT2D eigenvalue weighted by Gasteiger charge is -2.22. The van der Waals surface area contributed by atoms with E-state index in [-0.39, 0.29) is 6.16 Å². The second-order valence-electron chi connectivity index (χ2n) is 3.61. The van der Waals surface area contributed by atoms with Gasteiger partial charge in [-0.1, -0.05) is 18.2 Å². The van der Waals surface area contributed by atoms with Crippen LogP contribution in [0.15, 0.2) is 30.3 Å². The number of nitrogens with zero attached hydrogens (tertiary/aromatic N) is 1. The summed E-state index contributed by atoms with van der Waals surface area (Å²) in [5.41, 5.74) is 0. The highest BCUT2D eigenvalue weighted by molar-refractivity contribution is 7.39. The molecule has 0 N–H and O–H groups in total. The lowest BCUT2D eigenvalue weighted by molar-refractivity contribution is -0.168. The molecule has 0 aliphatic rings. The number of rotatable bonds is 8. The molecule has 0 saturated carbocycles. The van der Waals surface area contributed by atoms with E-state index >= 15 is 0 Å². The maximum absolute atomic E-state index is 11.7. The largest absolute Gasteiger partial charge is 0.510 e. The van der Waals surface area contributed by atoms with E-state index in [9.17, 15) is 14.2 Å². The molecule has 0 bridgehead atoms. The maximum atomic E-state index is 11.7. The first-order valence-corrected chi connectivity index (χ1v) is 7.02. The Bertz CT molecular complexity index is 466. The number of carbonyl (C=O) groups is 2. The molecule has 20 heavy (non-hydrogen) atoms. The summed E-state index contributed by atoms with van der Waals surface area (Å²) in [6, 6.07) is 7.27. The molecule has 0 radical (unpaired) electrons. The van der Waals surface area contributed by atoms with Gasteiger partial charge in [0.2, 0.25) is 18.6 Å². The Labute approximate surface area is 117 Å². The van der Waals surface area contributed by atoms with Gasteiger partial charge in [0.1, 0.15) is 0 Å². The van der Waals surface area contributed by atoms with Crippen molar-refractivity contribution in [2.24, 2.45) is 0 Å². The molecular formula is C12H15NO6P+. The van der Waals surface area contributed by atoms with E-state index in [1.54, 1.807) is 30.3 Å². The smallest absolute Gasteiger partial charge is 0.467 e. The molecule has 7 nitrogen and oxygen atoms in total. The average molecular weight is 300 g/mol. The van der Waals surface area contributed by atoms with Crippen molar-refractivity contribution in [1.82, 2.24) is 5.06 Å². The minimum Gasteiger partial charge on any atom is -0.467 e. The molecule has 108 valence electrons. The fourth-order valence-electron chi connectivity index (χ4n) is 1.37. The van der Waals surface area contributed by atoms with Crippen LogP contribution in [0.25, 0.3) is 0 Å². The number of methoxy groups -OCH3 is 1. The second-order valence-corrected chi connectivity index (χ2v) is 5.00. The van der Waals surface area contributed by atoms with Gasteiger partial charge in [-0.15, -0.1) is 4.52 Å². The van der Waals surface area contributed by atoms with Gasteiger partial charge in [-0.05, 0) is 16.7 Å². The van der Waals surface area contributed by atoms with Gasteiger partial charge >= 0.3 is 14.0 Å². The van der Waals surface area contributed by atoms with Crippen LogP contribution in [0.1, 0.15) is 0 Å². The molecule has 1 aromatic rings. The number of para-hydroxylation sites is 1. The van der Waals surface area contributed by atoms with Crippen LogP contribution in [-0.4, -0.2) is 43.9 Å². The molecule has 0 heterocycles. The van der Waals surface area contributed by atoms with Gasteiger partial charge in [0.25, 0.3) is 0 Å². The third-order valence-electron chi connectivity index (χ3n) is 2.36. The fourth-order valence-corrected chi connectivity index (χ4v) is 2.11. The van der Waals surface area contributed by atoms with Crippen molar-refractivity contribution in [3.05, 3.63) is 30.3 Å². The molecular weight excluding hydrogens is 285 g/mol. The Morgan fingerprint density at radius 1 is 1.35 bits per heavy atom. The number of hydroxylamine groups is 2. The molecule has 0 saturated heterocycles. The highest BCUT2D eigenvalue weighted by Crippen LogP contribution is 2.24. The average Bonchev–Trinajstić information content (AvgIpc) is 2.50. The molecule has 2 atom stereocenters. The van der Waals surface area contributed by atoms with Crippen LogP contribution in [0.4, 0.5) is 0 Å². The van der Waals surface area contributed by atoms with Crippen molar-refractivity contribution in [3.63, 3.8) is 0 Å². The van der Waals surface area contributed by atoms with Crippen LogP contribution in [0.3, 0.4) is 0 Å². The van der Waals surface area contributed by atoms with Crippen LogP contribution in [0, 0.1) is 0 Å². The SMILES string of the molecule is COC(=O)C(C[P+](=O)OC)N(C=O)Oc1ccccc1. The zero-order chi connectivity index (χ0) is 15.0.